The van der Waals surface area contributed by atoms with E-state index >= 15 is 0 Å². The van der Waals surface area contributed by atoms with Crippen molar-refractivity contribution in [2.24, 2.45) is 12.8 Å². The van der Waals surface area contributed by atoms with E-state index in [2.05, 4.69) is 5.32 Å². The van der Waals surface area contributed by atoms with Crippen LogP contribution in [0.5, 0.6) is 0 Å². The molecule has 1 heterocycles. The summed E-state index contributed by atoms with van der Waals surface area (Å²) in [6.45, 7) is 2.07. The third kappa shape index (κ3) is 3.77. The number of halogens is 1. The van der Waals surface area contributed by atoms with Gasteiger partial charge < -0.3 is 20.4 Å². The maximum atomic E-state index is 12.2. The molecule has 1 aromatic rings. The van der Waals surface area contributed by atoms with E-state index in [-0.39, 0.29) is 18.3 Å². The Labute approximate surface area is 130 Å². The molecule has 0 aliphatic heterocycles. The van der Waals surface area contributed by atoms with E-state index in [1.54, 1.807) is 30.8 Å². The SMILES string of the molecule is CCOC(=O)c1cc(NC(=O)C2(N)CCCC2)cn1C.Cl. The van der Waals surface area contributed by atoms with Crippen LogP contribution >= 0.6 is 12.4 Å². The second-order valence-corrected chi connectivity index (χ2v) is 5.26. The Morgan fingerprint density at radius 1 is 1.43 bits per heavy atom. The zero-order chi connectivity index (χ0) is 14.8. The molecular formula is C14H22ClN3O3. The van der Waals surface area contributed by atoms with Crippen molar-refractivity contribution in [3.63, 3.8) is 0 Å². The van der Waals surface area contributed by atoms with Gasteiger partial charge in [0, 0.05) is 13.2 Å². The molecule has 1 aromatic heterocycles. The van der Waals surface area contributed by atoms with Gasteiger partial charge in [-0.15, -0.1) is 12.4 Å². The number of ether oxygens (including phenoxy) is 1. The molecule has 7 heteroatoms. The second-order valence-electron chi connectivity index (χ2n) is 5.26. The first-order valence-electron chi connectivity index (χ1n) is 6.90. The Morgan fingerprint density at radius 2 is 2.05 bits per heavy atom. The molecular weight excluding hydrogens is 294 g/mol. The van der Waals surface area contributed by atoms with E-state index in [9.17, 15) is 9.59 Å². The summed E-state index contributed by atoms with van der Waals surface area (Å²) < 4.78 is 6.58. The lowest BCUT2D eigenvalue weighted by Gasteiger charge is -2.21. The monoisotopic (exact) mass is 315 g/mol. The Hall–Kier alpha value is -1.53. The highest BCUT2D eigenvalue weighted by Crippen LogP contribution is 2.28. The average molecular weight is 316 g/mol. The highest BCUT2D eigenvalue weighted by atomic mass is 35.5. The molecule has 2 rings (SSSR count). The number of hydrogen-bond donors (Lipinski definition) is 2. The molecule has 118 valence electrons. The number of aryl methyl sites for hydroxylation is 1. The molecule has 0 radical (unpaired) electrons. The number of nitrogens with one attached hydrogen (secondary N) is 1. The molecule has 0 unspecified atom stereocenters. The average Bonchev–Trinajstić information content (AvgIpc) is 2.97. The van der Waals surface area contributed by atoms with Gasteiger partial charge in [-0.2, -0.15) is 0 Å². The predicted molar refractivity (Wildman–Crippen MR) is 82.6 cm³/mol. The van der Waals surface area contributed by atoms with Gasteiger partial charge in [-0.25, -0.2) is 4.79 Å². The lowest BCUT2D eigenvalue weighted by molar-refractivity contribution is -0.121. The molecule has 0 spiro atoms. The zero-order valence-corrected chi connectivity index (χ0v) is 13.2. The molecule has 3 N–H and O–H groups in total. The van der Waals surface area contributed by atoms with Gasteiger partial charge in [0.2, 0.25) is 5.91 Å². The van der Waals surface area contributed by atoms with Crippen LogP contribution < -0.4 is 11.1 Å². The van der Waals surface area contributed by atoms with Crippen LogP contribution in [-0.2, 0) is 16.6 Å². The summed E-state index contributed by atoms with van der Waals surface area (Å²) in [5, 5.41) is 2.79. The van der Waals surface area contributed by atoms with Crippen molar-refractivity contribution >= 4 is 30.0 Å². The number of nitrogens with zero attached hydrogens (tertiary/aromatic N) is 1. The molecule has 1 amide bonds. The number of carbonyl (C=O) groups is 2. The summed E-state index contributed by atoms with van der Waals surface area (Å²) in [5.41, 5.74) is 6.28. The van der Waals surface area contributed by atoms with Gasteiger partial charge in [0.25, 0.3) is 0 Å². The van der Waals surface area contributed by atoms with Gasteiger partial charge in [-0.3, -0.25) is 4.79 Å². The van der Waals surface area contributed by atoms with Crippen LogP contribution in [-0.4, -0.2) is 28.6 Å². The van der Waals surface area contributed by atoms with E-state index in [1.165, 1.54) is 0 Å². The number of carbonyl (C=O) groups excluding carboxylic acids is 2. The number of esters is 1. The molecule has 0 bridgehead atoms. The number of amides is 1. The van der Waals surface area contributed by atoms with Crippen LogP contribution in [0.3, 0.4) is 0 Å². The van der Waals surface area contributed by atoms with Gasteiger partial charge >= 0.3 is 5.97 Å². The maximum absolute atomic E-state index is 12.2. The van der Waals surface area contributed by atoms with Gasteiger partial charge in [0.15, 0.2) is 0 Å². The smallest absolute Gasteiger partial charge is 0.355 e. The first-order chi connectivity index (χ1) is 9.46. The first kappa shape index (κ1) is 17.5. The van der Waals surface area contributed by atoms with Crippen molar-refractivity contribution in [2.75, 3.05) is 11.9 Å². The van der Waals surface area contributed by atoms with Crippen molar-refractivity contribution in [3.05, 3.63) is 18.0 Å². The predicted octanol–water partition coefficient (Wildman–Crippen LogP) is 1.83. The van der Waals surface area contributed by atoms with E-state index in [4.69, 9.17) is 10.5 Å². The number of anilines is 1. The van der Waals surface area contributed by atoms with Crippen LogP contribution in [0.25, 0.3) is 0 Å². The summed E-state index contributed by atoms with van der Waals surface area (Å²) in [6, 6.07) is 1.61. The summed E-state index contributed by atoms with van der Waals surface area (Å²) in [5.74, 6) is -0.588. The fraction of sp³-hybridized carbons (Fsp3) is 0.571. The van der Waals surface area contributed by atoms with E-state index in [1.807, 2.05) is 0 Å². The van der Waals surface area contributed by atoms with Gasteiger partial charge in [-0.05, 0) is 25.8 Å². The fourth-order valence-electron chi connectivity index (χ4n) is 2.53. The van der Waals surface area contributed by atoms with Crippen molar-refractivity contribution in [1.82, 2.24) is 4.57 Å². The van der Waals surface area contributed by atoms with Crippen molar-refractivity contribution in [2.45, 2.75) is 38.1 Å². The molecule has 6 nitrogen and oxygen atoms in total. The molecule has 0 atom stereocenters. The molecule has 1 saturated carbocycles. The van der Waals surface area contributed by atoms with E-state index in [0.29, 0.717) is 30.8 Å². The van der Waals surface area contributed by atoms with Gasteiger partial charge in [0.05, 0.1) is 17.8 Å². The Morgan fingerprint density at radius 3 is 2.62 bits per heavy atom. The highest BCUT2D eigenvalue weighted by molar-refractivity contribution is 5.99. The van der Waals surface area contributed by atoms with Crippen molar-refractivity contribution in [3.8, 4) is 0 Å². The largest absolute Gasteiger partial charge is 0.461 e. The van der Waals surface area contributed by atoms with Crippen LogP contribution in [0.4, 0.5) is 5.69 Å². The second kappa shape index (κ2) is 6.95. The molecule has 21 heavy (non-hydrogen) atoms. The van der Waals surface area contributed by atoms with Gasteiger partial charge in [-0.1, -0.05) is 12.8 Å². The molecule has 0 saturated heterocycles. The Kier molecular flexibility index (Phi) is 5.80. The Balaban J connectivity index is 0.00000220. The topological polar surface area (TPSA) is 86.3 Å². The minimum absolute atomic E-state index is 0. The van der Waals surface area contributed by atoms with Crippen molar-refractivity contribution in [1.29, 1.82) is 0 Å². The zero-order valence-electron chi connectivity index (χ0n) is 12.3. The Bertz CT molecular complexity index is 522. The number of nitrogens with two attached hydrogens (primary N) is 1. The normalized spacial score (nSPS) is 16.1. The van der Waals surface area contributed by atoms with Crippen LogP contribution in [0.15, 0.2) is 12.3 Å². The minimum Gasteiger partial charge on any atom is -0.461 e. The minimum atomic E-state index is -0.778. The molecule has 1 aliphatic rings. The third-order valence-corrected chi connectivity index (χ3v) is 3.70. The lowest BCUT2D eigenvalue weighted by atomic mass is 9.98. The van der Waals surface area contributed by atoms with E-state index in [0.717, 1.165) is 12.8 Å². The molecule has 1 aliphatic carbocycles. The summed E-state index contributed by atoms with van der Waals surface area (Å²) in [6.07, 6.45) is 5.05. The third-order valence-electron chi connectivity index (χ3n) is 3.70. The standard InChI is InChI=1S/C14H21N3O3.ClH/c1-3-20-12(18)11-8-10(9-17(11)2)16-13(19)14(15)6-4-5-7-14;/h8-9H,3-7,15H2,1-2H3,(H,16,19);1H. The summed E-state index contributed by atoms with van der Waals surface area (Å²) in [4.78, 5) is 23.9. The quantitative estimate of drug-likeness (QED) is 0.830. The van der Waals surface area contributed by atoms with Crippen LogP contribution in [0.2, 0.25) is 0 Å². The first-order valence-corrected chi connectivity index (χ1v) is 6.90. The fourth-order valence-corrected chi connectivity index (χ4v) is 2.53. The highest BCUT2D eigenvalue weighted by Gasteiger charge is 2.37. The summed E-state index contributed by atoms with van der Waals surface area (Å²) >= 11 is 0. The summed E-state index contributed by atoms with van der Waals surface area (Å²) in [7, 11) is 1.73. The number of rotatable bonds is 4. The maximum Gasteiger partial charge on any atom is 0.355 e. The number of aromatic nitrogens is 1. The van der Waals surface area contributed by atoms with Crippen molar-refractivity contribution < 1.29 is 14.3 Å². The lowest BCUT2D eigenvalue weighted by Crippen LogP contribution is -2.48. The van der Waals surface area contributed by atoms with Crippen LogP contribution in [0.1, 0.15) is 43.1 Å². The molecule has 1 fully saturated rings. The van der Waals surface area contributed by atoms with Gasteiger partial charge in [0.1, 0.15) is 5.69 Å². The van der Waals surface area contributed by atoms with Crippen LogP contribution in [0, 0.1) is 0 Å². The molecule has 0 aromatic carbocycles. The number of hydrogen-bond acceptors (Lipinski definition) is 4. The van der Waals surface area contributed by atoms with E-state index < -0.39 is 11.5 Å².